The van der Waals surface area contributed by atoms with E-state index in [1.807, 2.05) is 0 Å². The Bertz CT molecular complexity index is 714. The molecule has 0 aliphatic rings. The average Bonchev–Trinajstić information content (AvgIpc) is 3.02. The third-order valence-corrected chi connectivity index (χ3v) is 5.36. The van der Waals surface area contributed by atoms with Crippen LogP contribution in [0.25, 0.3) is 10.9 Å². The van der Waals surface area contributed by atoms with Gasteiger partial charge in [-0.1, -0.05) is 25.1 Å². The minimum absolute atomic E-state index is 0.911. The van der Waals surface area contributed by atoms with Gasteiger partial charge >= 0.3 is 0 Å². The highest BCUT2D eigenvalue weighted by molar-refractivity contribution is 9.10. The molecule has 20 heavy (non-hydrogen) atoms. The zero-order valence-corrected chi connectivity index (χ0v) is 13.8. The first-order valence-electron chi connectivity index (χ1n) is 6.79. The van der Waals surface area contributed by atoms with Crippen molar-refractivity contribution in [3.63, 3.8) is 0 Å². The maximum Gasteiger partial charge on any atom is 0.0584 e. The molecule has 0 bridgehead atoms. The average molecular weight is 349 g/mol. The molecule has 2 nitrogen and oxygen atoms in total. The number of thiophene rings is 1. The summed E-state index contributed by atoms with van der Waals surface area (Å²) in [5.41, 5.74) is 2.65. The highest BCUT2D eigenvalue weighted by atomic mass is 79.9. The zero-order valence-electron chi connectivity index (χ0n) is 11.4. The van der Waals surface area contributed by atoms with E-state index in [2.05, 4.69) is 74.5 Å². The number of benzene rings is 1. The molecular weight excluding hydrogens is 332 g/mol. The Morgan fingerprint density at radius 2 is 2.10 bits per heavy atom. The molecule has 2 heterocycles. The number of halogens is 1. The number of fused-ring (bicyclic) bond motifs is 1. The molecule has 0 spiro atoms. The van der Waals surface area contributed by atoms with Crippen LogP contribution in [0.15, 0.2) is 46.3 Å². The Labute approximate surface area is 131 Å². The number of rotatable bonds is 5. The number of nitrogens with one attached hydrogen (secondary N) is 1. The topological polar surface area (TPSA) is 17.0 Å². The molecule has 2 aromatic heterocycles. The first-order chi connectivity index (χ1) is 9.79. The summed E-state index contributed by atoms with van der Waals surface area (Å²) in [5.74, 6) is 0. The Morgan fingerprint density at radius 1 is 1.25 bits per heavy atom. The number of hydrogen-bond acceptors (Lipinski definition) is 2. The second kappa shape index (κ2) is 6.12. The van der Waals surface area contributed by atoms with E-state index in [4.69, 9.17) is 0 Å². The highest BCUT2D eigenvalue weighted by Crippen LogP contribution is 2.27. The molecule has 0 saturated carbocycles. The van der Waals surface area contributed by atoms with Crippen molar-refractivity contribution in [1.82, 2.24) is 9.88 Å². The molecule has 0 saturated heterocycles. The van der Waals surface area contributed by atoms with Gasteiger partial charge in [-0.25, -0.2) is 0 Å². The van der Waals surface area contributed by atoms with Crippen molar-refractivity contribution >= 4 is 38.2 Å². The predicted molar refractivity (Wildman–Crippen MR) is 90.4 cm³/mol. The normalized spacial score (nSPS) is 11.3. The SMILES string of the molecule is CCNCc1cc2ccccc2n1Cc1sccc1Br. The molecule has 0 aliphatic heterocycles. The van der Waals surface area contributed by atoms with E-state index in [1.165, 1.54) is 25.9 Å². The van der Waals surface area contributed by atoms with Gasteiger partial charge in [0.15, 0.2) is 0 Å². The van der Waals surface area contributed by atoms with Gasteiger partial charge < -0.3 is 9.88 Å². The summed E-state index contributed by atoms with van der Waals surface area (Å²) in [6.45, 7) is 4.97. The van der Waals surface area contributed by atoms with Crippen LogP contribution in [0.4, 0.5) is 0 Å². The first-order valence-corrected chi connectivity index (χ1v) is 8.46. The van der Waals surface area contributed by atoms with E-state index in [0.29, 0.717) is 0 Å². The Hall–Kier alpha value is -1.10. The molecule has 0 radical (unpaired) electrons. The fraction of sp³-hybridized carbons (Fsp3) is 0.250. The van der Waals surface area contributed by atoms with Gasteiger partial charge in [-0.15, -0.1) is 11.3 Å². The molecule has 1 aromatic carbocycles. The number of para-hydroxylation sites is 1. The van der Waals surface area contributed by atoms with Crippen molar-refractivity contribution in [2.24, 2.45) is 0 Å². The molecule has 0 unspecified atom stereocenters. The Morgan fingerprint density at radius 3 is 2.85 bits per heavy atom. The maximum absolute atomic E-state index is 3.63. The summed E-state index contributed by atoms with van der Waals surface area (Å²) < 4.78 is 3.61. The quantitative estimate of drug-likeness (QED) is 0.711. The summed E-state index contributed by atoms with van der Waals surface area (Å²) in [7, 11) is 0. The fourth-order valence-corrected chi connectivity index (χ4v) is 3.90. The lowest BCUT2D eigenvalue weighted by Crippen LogP contribution is -2.15. The van der Waals surface area contributed by atoms with Crippen LogP contribution in [0.5, 0.6) is 0 Å². The molecular formula is C16H17BrN2S. The van der Waals surface area contributed by atoms with E-state index < -0.39 is 0 Å². The van der Waals surface area contributed by atoms with E-state index in [0.717, 1.165) is 19.6 Å². The van der Waals surface area contributed by atoms with Gasteiger partial charge in [0.05, 0.1) is 6.54 Å². The van der Waals surface area contributed by atoms with Crippen LogP contribution in [0, 0.1) is 0 Å². The summed E-state index contributed by atoms with van der Waals surface area (Å²) in [4.78, 5) is 1.36. The fourth-order valence-electron chi connectivity index (χ4n) is 2.44. The van der Waals surface area contributed by atoms with Crippen molar-refractivity contribution in [3.05, 3.63) is 56.8 Å². The van der Waals surface area contributed by atoms with E-state index >= 15 is 0 Å². The maximum atomic E-state index is 3.63. The number of nitrogens with zero attached hydrogens (tertiary/aromatic N) is 1. The van der Waals surface area contributed by atoms with Crippen molar-refractivity contribution < 1.29 is 0 Å². The number of hydrogen-bond donors (Lipinski definition) is 1. The third-order valence-electron chi connectivity index (χ3n) is 3.45. The summed E-state index contributed by atoms with van der Waals surface area (Å²) in [6.07, 6.45) is 0. The molecule has 1 N–H and O–H groups in total. The lowest BCUT2D eigenvalue weighted by atomic mass is 10.2. The van der Waals surface area contributed by atoms with Gasteiger partial charge in [-0.2, -0.15) is 0 Å². The van der Waals surface area contributed by atoms with E-state index in [-0.39, 0.29) is 0 Å². The molecule has 104 valence electrons. The van der Waals surface area contributed by atoms with Crippen molar-refractivity contribution in [3.8, 4) is 0 Å². The van der Waals surface area contributed by atoms with Crippen LogP contribution < -0.4 is 5.32 Å². The summed E-state index contributed by atoms with van der Waals surface area (Å²) in [6, 6.07) is 13.0. The van der Waals surface area contributed by atoms with Crippen LogP contribution in [0.2, 0.25) is 0 Å². The smallest absolute Gasteiger partial charge is 0.0584 e. The molecule has 0 amide bonds. The van der Waals surface area contributed by atoms with Gasteiger partial charge in [-0.05, 0) is 51.4 Å². The Kier molecular flexibility index (Phi) is 4.24. The van der Waals surface area contributed by atoms with Crippen molar-refractivity contribution in [2.45, 2.75) is 20.0 Å². The minimum Gasteiger partial charge on any atom is -0.338 e. The third kappa shape index (κ3) is 2.68. The molecule has 3 aromatic rings. The standard InChI is InChI=1S/C16H17BrN2S/c1-2-18-10-13-9-12-5-3-4-6-15(12)19(13)11-16-14(17)7-8-20-16/h3-9,18H,2,10-11H2,1H3. The van der Waals surface area contributed by atoms with E-state index in [1.54, 1.807) is 11.3 Å². The van der Waals surface area contributed by atoms with Crippen LogP contribution in [-0.4, -0.2) is 11.1 Å². The highest BCUT2D eigenvalue weighted by Gasteiger charge is 2.10. The van der Waals surface area contributed by atoms with Crippen LogP contribution in [-0.2, 0) is 13.1 Å². The number of aromatic nitrogens is 1. The van der Waals surface area contributed by atoms with Gasteiger partial charge in [0, 0.05) is 27.1 Å². The van der Waals surface area contributed by atoms with Crippen LogP contribution >= 0.6 is 27.3 Å². The summed E-state index contributed by atoms with van der Waals surface area (Å²) >= 11 is 5.44. The molecule has 0 atom stereocenters. The minimum atomic E-state index is 0.911. The van der Waals surface area contributed by atoms with Gasteiger partial charge in [0.1, 0.15) is 0 Å². The molecule has 4 heteroatoms. The van der Waals surface area contributed by atoms with Crippen molar-refractivity contribution in [1.29, 1.82) is 0 Å². The second-order valence-electron chi connectivity index (χ2n) is 4.75. The largest absolute Gasteiger partial charge is 0.338 e. The molecule has 3 rings (SSSR count). The molecule has 0 aliphatic carbocycles. The van der Waals surface area contributed by atoms with E-state index in [9.17, 15) is 0 Å². The zero-order chi connectivity index (χ0) is 13.9. The van der Waals surface area contributed by atoms with Gasteiger partial charge in [0.2, 0.25) is 0 Å². The monoisotopic (exact) mass is 348 g/mol. The van der Waals surface area contributed by atoms with Crippen LogP contribution in [0.1, 0.15) is 17.5 Å². The lowest BCUT2D eigenvalue weighted by molar-refractivity contribution is 0.668. The lowest BCUT2D eigenvalue weighted by Gasteiger charge is -2.10. The van der Waals surface area contributed by atoms with Crippen molar-refractivity contribution in [2.75, 3.05) is 6.54 Å². The Balaban J connectivity index is 2.04. The predicted octanol–water partition coefficient (Wildman–Crippen LogP) is 4.62. The molecule has 0 fully saturated rings. The van der Waals surface area contributed by atoms with Gasteiger partial charge in [0.25, 0.3) is 0 Å². The second-order valence-corrected chi connectivity index (χ2v) is 6.61. The van der Waals surface area contributed by atoms with Gasteiger partial charge in [-0.3, -0.25) is 0 Å². The van der Waals surface area contributed by atoms with Crippen LogP contribution in [0.3, 0.4) is 0 Å². The summed E-state index contributed by atoms with van der Waals surface area (Å²) in [5, 5.41) is 6.88. The first kappa shape index (κ1) is 13.9.